The molecule has 25 heavy (non-hydrogen) atoms. The zero-order valence-electron chi connectivity index (χ0n) is 15.8. The first kappa shape index (κ1) is 19.2. The summed E-state index contributed by atoms with van der Waals surface area (Å²) in [7, 11) is 1.30. The predicted octanol–water partition coefficient (Wildman–Crippen LogP) is 2.89. The van der Waals surface area contributed by atoms with Crippen molar-refractivity contribution in [2.45, 2.75) is 59.4 Å². The van der Waals surface area contributed by atoms with Crippen LogP contribution in [-0.4, -0.2) is 47.2 Å². The number of likely N-dealkylation sites (tertiary alicyclic amines) is 1. The molecule has 2 rings (SSSR count). The summed E-state index contributed by atoms with van der Waals surface area (Å²) in [4.78, 5) is 41.7. The minimum Gasteiger partial charge on any atom is -0.465 e. The molecule has 0 aromatic carbocycles. The van der Waals surface area contributed by atoms with E-state index in [1.807, 2.05) is 4.90 Å². The Morgan fingerprint density at radius 3 is 2.52 bits per heavy atom. The van der Waals surface area contributed by atoms with E-state index < -0.39 is 5.97 Å². The molecule has 6 heteroatoms. The smallest absolute Gasteiger partial charge is 0.339 e. The van der Waals surface area contributed by atoms with E-state index in [1.165, 1.54) is 14.0 Å². The van der Waals surface area contributed by atoms with Gasteiger partial charge in [-0.05, 0) is 38.2 Å². The Morgan fingerprint density at radius 2 is 1.92 bits per heavy atom. The number of methoxy groups -OCH3 is 1. The van der Waals surface area contributed by atoms with E-state index in [4.69, 9.17) is 4.74 Å². The van der Waals surface area contributed by atoms with Gasteiger partial charge in [-0.25, -0.2) is 4.79 Å². The van der Waals surface area contributed by atoms with Gasteiger partial charge < -0.3 is 14.6 Å². The highest BCUT2D eigenvalue weighted by Gasteiger charge is 2.29. The SMILES string of the molecule is COC(=O)c1c(CC(=O)N2C[C@@H](C)CCC[C@H]2C)[nH]c(C(C)=O)c1C. The summed E-state index contributed by atoms with van der Waals surface area (Å²) in [5, 5.41) is 0. The van der Waals surface area contributed by atoms with Crippen molar-refractivity contribution in [1.29, 1.82) is 0 Å². The second-order valence-corrected chi connectivity index (χ2v) is 7.13. The van der Waals surface area contributed by atoms with Crippen molar-refractivity contribution in [3.63, 3.8) is 0 Å². The van der Waals surface area contributed by atoms with Crippen molar-refractivity contribution in [2.75, 3.05) is 13.7 Å². The number of ketones is 1. The van der Waals surface area contributed by atoms with Crippen LogP contribution in [-0.2, 0) is 16.0 Å². The number of carbonyl (C=O) groups excluding carboxylic acids is 3. The lowest BCUT2D eigenvalue weighted by Crippen LogP contribution is -2.41. The van der Waals surface area contributed by atoms with Gasteiger partial charge in [0.2, 0.25) is 5.91 Å². The third-order valence-corrected chi connectivity index (χ3v) is 5.08. The Morgan fingerprint density at radius 1 is 1.24 bits per heavy atom. The van der Waals surface area contributed by atoms with Crippen LogP contribution in [0.25, 0.3) is 0 Å². The Hall–Kier alpha value is -2.11. The Balaban J connectivity index is 2.32. The molecule has 0 radical (unpaired) electrons. The van der Waals surface area contributed by atoms with Gasteiger partial charge in [0.1, 0.15) is 0 Å². The summed E-state index contributed by atoms with van der Waals surface area (Å²) in [6.07, 6.45) is 3.30. The van der Waals surface area contributed by atoms with E-state index in [9.17, 15) is 14.4 Å². The molecule has 2 heterocycles. The van der Waals surface area contributed by atoms with Crippen LogP contribution >= 0.6 is 0 Å². The summed E-state index contributed by atoms with van der Waals surface area (Å²) in [5.74, 6) is -0.255. The maximum absolute atomic E-state index is 12.9. The first-order chi connectivity index (χ1) is 11.8. The van der Waals surface area contributed by atoms with Gasteiger partial charge in [0.25, 0.3) is 0 Å². The molecule has 2 atom stereocenters. The molecule has 1 saturated heterocycles. The van der Waals surface area contributed by atoms with Crippen LogP contribution in [0.5, 0.6) is 0 Å². The molecule has 0 spiro atoms. The number of rotatable bonds is 4. The molecule has 1 amide bonds. The van der Waals surface area contributed by atoms with Crippen molar-refractivity contribution in [3.05, 3.63) is 22.5 Å². The predicted molar refractivity (Wildman–Crippen MR) is 94.8 cm³/mol. The molecule has 1 aliphatic heterocycles. The number of carbonyl (C=O) groups is 3. The highest BCUT2D eigenvalue weighted by atomic mass is 16.5. The van der Waals surface area contributed by atoms with Crippen LogP contribution in [0.3, 0.4) is 0 Å². The van der Waals surface area contributed by atoms with E-state index in [2.05, 4.69) is 18.8 Å². The van der Waals surface area contributed by atoms with Gasteiger partial charge in [0.05, 0.1) is 24.8 Å². The number of aromatic amines is 1. The minimum atomic E-state index is -0.527. The molecular weight excluding hydrogens is 320 g/mol. The van der Waals surface area contributed by atoms with E-state index >= 15 is 0 Å². The monoisotopic (exact) mass is 348 g/mol. The highest BCUT2D eigenvalue weighted by Crippen LogP contribution is 2.24. The molecule has 138 valence electrons. The normalized spacial score (nSPS) is 20.9. The fourth-order valence-electron chi connectivity index (χ4n) is 3.65. The fraction of sp³-hybridized carbons (Fsp3) is 0.632. The molecule has 1 fully saturated rings. The Bertz CT molecular complexity index is 677. The molecule has 0 unspecified atom stereocenters. The van der Waals surface area contributed by atoms with Gasteiger partial charge in [0.15, 0.2) is 5.78 Å². The van der Waals surface area contributed by atoms with Crippen molar-refractivity contribution >= 4 is 17.7 Å². The van der Waals surface area contributed by atoms with Crippen LogP contribution < -0.4 is 0 Å². The summed E-state index contributed by atoms with van der Waals surface area (Å²) < 4.78 is 4.84. The van der Waals surface area contributed by atoms with Crippen molar-refractivity contribution in [1.82, 2.24) is 9.88 Å². The topological polar surface area (TPSA) is 79.5 Å². The third-order valence-electron chi connectivity index (χ3n) is 5.08. The molecule has 1 N–H and O–H groups in total. The number of amides is 1. The minimum absolute atomic E-state index is 0.0252. The summed E-state index contributed by atoms with van der Waals surface area (Å²) in [5.41, 5.74) is 1.67. The lowest BCUT2D eigenvalue weighted by atomic mass is 10.1. The number of H-pyrrole nitrogens is 1. The van der Waals surface area contributed by atoms with Crippen molar-refractivity contribution in [3.8, 4) is 0 Å². The van der Waals surface area contributed by atoms with E-state index in [0.717, 1.165) is 25.8 Å². The lowest BCUT2D eigenvalue weighted by Gasteiger charge is -2.28. The van der Waals surface area contributed by atoms with Crippen LogP contribution in [0.4, 0.5) is 0 Å². The average Bonchev–Trinajstić information content (AvgIpc) is 2.77. The maximum Gasteiger partial charge on any atom is 0.339 e. The standard InChI is InChI=1S/C19H28N2O4/c1-11-7-6-8-12(2)21(10-11)16(23)9-15-17(19(24)25-5)13(3)18(20-15)14(4)22/h11-12,20H,6-10H2,1-5H3/t11-,12+/m0/s1. The number of ether oxygens (including phenoxy) is 1. The van der Waals surface area contributed by atoms with Crippen LogP contribution in [0.15, 0.2) is 0 Å². The Kier molecular flexibility index (Phi) is 6.03. The highest BCUT2D eigenvalue weighted by molar-refractivity contribution is 6.01. The number of nitrogens with one attached hydrogen (secondary N) is 1. The second kappa shape index (κ2) is 7.85. The number of aromatic nitrogens is 1. The number of hydrogen-bond acceptors (Lipinski definition) is 4. The van der Waals surface area contributed by atoms with E-state index in [0.29, 0.717) is 28.4 Å². The first-order valence-electron chi connectivity index (χ1n) is 8.86. The number of nitrogens with zero attached hydrogens (tertiary/aromatic N) is 1. The quantitative estimate of drug-likeness (QED) is 0.670. The molecule has 1 aromatic rings. The van der Waals surface area contributed by atoms with E-state index in [1.54, 1.807) is 6.92 Å². The Labute approximate surface area is 148 Å². The number of hydrogen-bond donors (Lipinski definition) is 1. The van der Waals surface area contributed by atoms with Gasteiger partial charge in [0, 0.05) is 25.2 Å². The molecule has 0 aliphatic carbocycles. The molecular formula is C19H28N2O4. The summed E-state index contributed by atoms with van der Waals surface area (Å²) in [6.45, 7) is 8.09. The van der Waals surface area contributed by atoms with Gasteiger partial charge in [-0.1, -0.05) is 13.3 Å². The average molecular weight is 348 g/mol. The molecule has 1 aromatic heterocycles. The molecule has 0 saturated carbocycles. The maximum atomic E-state index is 12.9. The van der Waals surface area contributed by atoms with Gasteiger partial charge in [-0.2, -0.15) is 0 Å². The zero-order chi connectivity index (χ0) is 18.7. The van der Waals surface area contributed by atoms with Crippen molar-refractivity contribution in [2.24, 2.45) is 5.92 Å². The second-order valence-electron chi connectivity index (χ2n) is 7.13. The first-order valence-corrected chi connectivity index (χ1v) is 8.86. The largest absolute Gasteiger partial charge is 0.465 e. The fourth-order valence-corrected chi connectivity index (χ4v) is 3.65. The summed E-state index contributed by atoms with van der Waals surface area (Å²) in [6, 6.07) is 0.183. The van der Waals surface area contributed by atoms with Gasteiger partial charge in [-0.3, -0.25) is 9.59 Å². The van der Waals surface area contributed by atoms with Gasteiger partial charge in [-0.15, -0.1) is 0 Å². The number of Topliss-reactive ketones (excluding diaryl/α,β-unsaturated/α-hetero) is 1. The lowest BCUT2D eigenvalue weighted by molar-refractivity contribution is -0.132. The van der Waals surface area contributed by atoms with Crippen LogP contribution in [0.1, 0.15) is 72.1 Å². The summed E-state index contributed by atoms with van der Waals surface area (Å²) >= 11 is 0. The van der Waals surface area contributed by atoms with E-state index in [-0.39, 0.29) is 24.2 Å². The van der Waals surface area contributed by atoms with Crippen molar-refractivity contribution < 1.29 is 19.1 Å². The van der Waals surface area contributed by atoms with Gasteiger partial charge >= 0.3 is 5.97 Å². The zero-order valence-corrected chi connectivity index (χ0v) is 15.8. The molecule has 0 bridgehead atoms. The van der Waals surface area contributed by atoms with Crippen LogP contribution in [0.2, 0.25) is 0 Å². The molecule has 1 aliphatic rings. The molecule has 6 nitrogen and oxygen atoms in total. The third kappa shape index (κ3) is 4.11. The number of esters is 1. The van der Waals surface area contributed by atoms with Crippen LogP contribution in [0, 0.1) is 12.8 Å².